The lowest BCUT2D eigenvalue weighted by Gasteiger charge is -2.23. The van der Waals surface area contributed by atoms with Gasteiger partial charge in [0.05, 0.1) is 24.6 Å². The summed E-state index contributed by atoms with van der Waals surface area (Å²) in [4.78, 5) is 28.4. The van der Waals surface area contributed by atoms with Gasteiger partial charge in [-0.05, 0) is 62.1 Å². The molecule has 2 unspecified atom stereocenters. The number of hydrogen-bond acceptors (Lipinski definition) is 7. The van der Waals surface area contributed by atoms with E-state index in [1.165, 1.54) is 116 Å². The second-order valence-electron chi connectivity index (χ2n) is 17.3. The van der Waals surface area contributed by atoms with Crippen LogP contribution in [0.15, 0.2) is 72.8 Å². The van der Waals surface area contributed by atoms with E-state index < -0.39 is 12.2 Å². The fourth-order valence-electron chi connectivity index (χ4n) is 8.12. The second-order valence-corrected chi connectivity index (χ2v) is 17.3. The van der Waals surface area contributed by atoms with Crippen molar-refractivity contribution in [3.8, 4) is 23.0 Å². The summed E-state index contributed by atoms with van der Waals surface area (Å²) in [6.07, 6.45) is 29.1. The molecule has 0 saturated heterocycles. The number of fused-ring (bicyclic) bond motifs is 3. The number of amides is 2. The molecule has 2 N–H and O–H groups in total. The maximum absolute atomic E-state index is 14.2. The van der Waals surface area contributed by atoms with Crippen LogP contribution < -0.4 is 29.6 Å². The van der Waals surface area contributed by atoms with Crippen molar-refractivity contribution in [3.05, 3.63) is 72.8 Å². The van der Waals surface area contributed by atoms with Crippen LogP contribution in [0.1, 0.15) is 181 Å². The number of carbonyl (C=O) groups excluding carboxylic acids is 2. The van der Waals surface area contributed by atoms with Gasteiger partial charge in [-0.15, -0.1) is 0 Å². The van der Waals surface area contributed by atoms with Gasteiger partial charge >= 0.3 is 0 Å². The summed E-state index contributed by atoms with van der Waals surface area (Å²) in [5, 5.41) is 6.22. The van der Waals surface area contributed by atoms with Crippen LogP contribution in [0, 0.1) is 0 Å². The number of benzene rings is 3. The first kappa shape index (κ1) is 51.4. The number of anilines is 2. The summed E-state index contributed by atoms with van der Waals surface area (Å²) in [6.45, 7) is 5.82. The van der Waals surface area contributed by atoms with Gasteiger partial charge in [-0.3, -0.25) is 9.59 Å². The Hall–Kier alpha value is -4.24. The van der Waals surface area contributed by atoms with E-state index in [4.69, 9.17) is 23.7 Å². The highest BCUT2D eigenvalue weighted by molar-refractivity contribution is 6.02. The van der Waals surface area contributed by atoms with E-state index in [1.807, 2.05) is 72.8 Å². The Labute approximate surface area is 381 Å². The predicted octanol–water partition coefficient (Wildman–Crippen LogP) is 14.4. The van der Waals surface area contributed by atoms with Crippen LogP contribution in [0.5, 0.6) is 23.0 Å². The minimum absolute atomic E-state index is 0.279. The molecule has 1 aliphatic heterocycles. The highest BCUT2D eigenvalue weighted by Crippen LogP contribution is 2.32. The summed E-state index contributed by atoms with van der Waals surface area (Å²) >= 11 is 0. The topological polar surface area (TPSA) is 104 Å². The Morgan fingerprint density at radius 3 is 1.05 bits per heavy atom. The lowest BCUT2D eigenvalue weighted by molar-refractivity contribution is -0.124. The smallest absolute Gasteiger partial charge is 0.265 e. The molecule has 350 valence electrons. The van der Waals surface area contributed by atoms with Crippen LogP contribution >= 0.6 is 0 Å². The van der Waals surface area contributed by atoms with Crippen LogP contribution in [0.2, 0.25) is 0 Å². The van der Waals surface area contributed by atoms with Gasteiger partial charge in [0.2, 0.25) is 0 Å². The molecule has 0 aliphatic carbocycles. The van der Waals surface area contributed by atoms with Crippen molar-refractivity contribution in [2.45, 2.75) is 193 Å². The molecule has 63 heavy (non-hydrogen) atoms. The summed E-state index contributed by atoms with van der Waals surface area (Å²) in [5.41, 5.74) is 0.999. The van der Waals surface area contributed by atoms with E-state index in [2.05, 4.69) is 24.5 Å². The van der Waals surface area contributed by atoms with Crippen molar-refractivity contribution >= 4 is 23.2 Å². The summed E-state index contributed by atoms with van der Waals surface area (Å²) < 4.78 is 31.1. The molecule has 9 nitrogen and oxygen atoms in total. The highest BCUT2D eigenvalue weighted by atomic mass is 16.6. The van der Waals surface area contributed by atoms with Gasteiger partial charge < -0.3 is 34.3 Å². The molecule has 1 aliphatic rings. The maximum Gasteiger partial charge on any atom is 0.265 e. The first-order valence-electron chi connectivity index (χ1n) is 25.1. The Bertz CT molecular complexity index is 1530. The van der Waals surface area contributed by atoms with Crippen LogP contribution in [0.3, 0.4) is 0 Å². The van der Waals surface area contributed by atoms with Crippen LogP contribution in [-0.2, 0) is 14.3 Å². The molecular weight excluding hydrogens is 789 g/mol. The second kappa shape index (κ2) is 33.3. The quantitative estimate of drug-likeness (QED) is 0.0774. The molecule has 3 aromatic carbocycles. The number of para-hydroxylation sites is 6. The van der Waals surface area contributed by atoms with Gasteiger partial charge in [0, 0.05) is 0 Å². The summed E-state index contributed by atoms with van der Waals surface area (Å²) in [6, 6.07) is 22.3. The monoisotopic (exact) mass is 871 g/mol. The van der Waals surface area contributed by atoms with Crippen LogP contribution in [0.25, 0.3) is 0 Å². The van der Waals surface area contributed by atoms with Gasteiger partial charge in [0.15, 0.2) is 35.2 Å². The van der Waals surface area contributed by atoms with E-state index in [0.717, 1.165) is 38.5 Å². The van der Waals surface area contributed by atoms with E-state index in [-0.39, 0.29) is 11.8 Å². The normalized spacial score (nSPS) is 16.3. The third-order valence-electron chi connectivity index (χ3n) is 11.9. The fraction of sp³-hybridized carbons (Fsp3) is 0.630. The summed E-state index contributed by atoms with van der Waals surface area (Å²) in [5.74, 6) is 1.55. The van der Waals surface area contributed by atoms with Gasteiger partial charge in [0.1, 0.15) is 13.2 Å². The number of hydrogen-bond donors (Lipinski definition) is 2. The zero-order valence-corrected chi connectivity index (χ0v) is 39.2. The Balaban J connectivity index is 1.42. The molecule has 3 aromatic rings. The number of unbranched alkanes of at least 4 members (excludes halogenated alkanes) is 22. The van der Waals surface area contributed by atoms with Gasteiger partial charge in [0.25, 0.3) is 11.8 Å². The molecule has 0 radical (unpaired) electrons. The SMILES string of the molecule is CCCCCCCCCCCCCCC1Oc2ccccc2OCCOCCOc2ccccc2OC(CCCCCCCCCCCCCC)C(=O)Nc2ccccc2NC1=O. The molecule has 2 amide bonds. The Kier molecular flexibility index (Phi) is 27.2. The number of ether oxygens (including phenoxy) is 5. The lowest BCUT2D eigenvalue weighted by atomic mass is 10.0. The van der Waals surface area contributed by atoms with E-state index >= 15 is 0 Å². The zero-order chi connectivity index (χ0) is 44.4. The summed E-state index contributed by atoms with van der Waals surface area (Å²) in [7, 11) is 0. The van der Waals surface area contributed by atoms with Gasteiger partial charge in [-0.25, -0.2) is 0 Å². The largest absolute Gasteiger partial charge is 0.487 e. The molecular formula is C54H82N2O7. The zero-order valence-electron chi connectivity index (χ0n) is 39.2. The molecule has 1 heterocycles. The van der Waals surface area contributed by atoms with Crippen molar-refractivity contribution < 1.29 is 33.3 Å². The molecule has 0 spiro atoms. The minimum Gasteiger partial charge on any atom is -0.487 e. The van der Waals surface area contributed by atoms with Gasteiger partial charge in [-0.2, -0.15) is 0 Å². The standard InChI is InChI=1S/C54H82N2O7/c1-3-5-7-9-11-13-15-17-19-21-23-25-39-51-53(57)55-45-33-27-28-34-46(45)56-54(58)52(40-26-24-22-20-18-16-14-12-10-8-6-4-2)63-50-38-32-30-36-48(50)61-44-42-59-41-43-60-47-35-29-31-37-49(47)62-51/h27-38,51-52H,3-26,39-44H2,1-2H3,(H,55,57)(H,56,58). The third kappa shape index (κ3) is 21.8. The average Bonchev–Trinajstić information content (AvgIpc) is 3.29. The molecule has 0 fully saturated rings. The Morgan fingerprint density at radius 1 is 0.397 bits per heavy atom. The highest BCUT2D eigenvalue weighted by Gasteiger charge is 2.26. The predicted molar refractivity (Wildman–Crippen MR) is 259 cm³/mol. The molecule has 4 rings (SSSR count). The van der Waals surface area contributed by atoms with Crippen molar-refractivity contribution in [1.29, 1.82) is 0 Å². The number of carbonyl (C=O) groups is 2. The van der Waals surface area contributed by atoms with Crippen molar-refractivity contribution in [3.63, 3.8) is 0 Å². The molecule has 0 bridgehead atoms. The third-order valence-corrected chi connectivity index (χ3v) is 11.9. The fourth-order valence-corrected chi connectivity index (χ4v) is 8.12. The van der Waals surface area contributed by atoms with E-state index in [1.54, 1.807) is 0 Å². The van der Waals surface area contributed by atoms with Crippen LogP contribution in [0.4, 0.5) is 11.4 Å². The lowest BCUT2D eigenvalue weighted by Crippen LogP contribution is -2.35. The minimum atomic E-state index is -0.775. The maximum atomic E-state index is 14.2. The van der Waals surface area contributed by atoms with Crippen LogP contribution in [-0.4, -0.2) is 50.4 Å². The van der Waals surface area contributed by atoms with E-state index in [0.29, 0.717) is 73.6 Å². The van der Waals surface area contributed by atoms with E-state index in [9.17, 15) is 9.59 Å². The van der Waals surface area contributed by atoms with Crippen molar-refractivity contribution in [2.75, 3.05) is 37.1 Å². The first-order valence-corrected chi connectivity index (χ1v) is 25.1. The van der Waals surface area contributed by atoms with Gasteiger partial charge in [-0.1, -0.05) is 192 Å². The molecule has 2 atom stereocenters. The Morgan fingerprint density at radius 2 is 0.698 bits per heavy atom. The average molecular weight is 871 g/mol. The van der Waals surface area contributed by atoms with Crippen molar-refractivity contribution in [1.82, 2.24) is 0 Å². The molecule has 9 heteroatoms. The number of nitrogens with one attached hydrogen (secondary N) is 2. The number of rotatable bonds is 26. The first-order chi connectivity index (χ1) is 31.1. The van der Waals surface area contributed by atoms with Crippen molar-refractivity contribution in [2.24, 2.45) is 0 Å². The molecule has 0 aromatic heterocycles. The molecule has 0 saturated carbocycles.